The number of primary amides is 1. The van der Waals surface area contributed by atoms with E-state index < -0.39 is 47.7 Å². The number of benzene rings is 1. The van der Waals surface area contributed by atoms with Crippen molar-refractivity contribution >= 4 is 5.91 Å². The molecule has 19 heavy (non-hydrogen) atoms. The second-order valence-corrected chi connectivity index (χ2v) is 3.95. The predicted molar refractivity (Wildman–Crippen MR) is 56.2 cm³/mol. The minimum atomic E-state index is -4.79. The molecule has 1 aromatic carbocycles. The summed E-state index contributed by atoms with van der Waals surface area (Å²) in [6.45, 7) is 0. The Labute approximate surface area is 105 Å². The minimum absolute atomic E-state index is 0.261. The fraction of sp³-hybridized carbons (Fsp3) is 0.364. The molecule has 4 nitrogen and oxygen atoms in total. The average molecular weight is 281 g/mol. The highest BCUT2D eigenvalue weighted by molar-refractivity contribution is 5.74. The van der Waals surface area contributed by atoms with Crippen molar-refractivity contribution in [3.63, 3.8) is 0 Å². The third-order valence-corrected chi connectivity index (χ3v) is 2.36. The largest absolute Gasteiger partial charge is 0.416 e. The number of aliphatic hydroxyl groups excluding tert-OH is 2. The molecule has 0 saturated carbocycles. The van der Waals surface area contributed by atoms with Gasteiger partial charge in [-0.15, -0.1) is 0 Å². The van der Waals surface area contributed by atoms with Crippen LogP contribution < -0.4 is 5.73 Å². The van der Waals surface area contributed by atoms with Crippen molar-refractivity contribution in [1.29, 1.82) is 0 Å². The highest BCUT2D eigenvalue weighted by Gasteiger charge is 2.32. The molecule has 0 aromatic heterocycles. The number of carbonyl (C=O) groups excluding carboxylic acids is 1. The molecule has 106 valence electrons. The summed E-state index contributed by atoms with van der Waals surface area (Å²) in [7, 11) is 0. The molecular formula is C11H11F4NO3. The predicted octanol–water partition coefficient (Wildman–Crippen LogP) is 1.11. The zero-order valence-corrected chi connectivity index (χ0v) is 9.49. The number of aliphatic hydroxyl groups is 2. The van der Waals surface area contributed by atoms with Crippen molar-refractivity contribution in [3.8, 4) is 0 Å². The zero-order chi connectivity index (χ0) is 14.8. The van der Waals surface area contributed by atoms with Crippen LogP contribution in [-0.2, 0) is 11.0 Å². The standard InChI is InChI=1S/C11H11F4NO3/c12-7-2-5(1-6(3-7)11(13,14)15)10(19)8(17)4-9(16)18/h1-3,8,10,17,19H,4H2,(H2,16,18). The summed E-state index contributed by atoms with van der Waals surface area (Å²) >= 11 is 0. The molecule has 4 N–H and O–H groups in total. The van der Waals surface area contributed by atoms with Crippen LogP contribution in [0.4, 0.5) is 17.6 Å². The number of carbonyl (C=O) groups is 1. The van der Waals surface area contributed by atoms with Crippen LogP contribution >= 0.6 is 0 Å². The number of nitrogens with two attached hydrogens (primary N) is 1. The summed E-state index contributed by atoms with van der Waals surface area (Å²) in [5.41, 5.74) is 2.99. The van der Waals surface area contributed by atoms with Gasteiger partial charge in [-0.3, -0.25) is 4.79 Å². The highest BCUT2D eigenvalue weighted by Crippen LogP contribution is 2.32. The van der Waals surface area contributed by atoms with Gasteiger partial charge in [0.2, 0.25) is 5.91 Å². The van der Waals surface area contributed by atoms with Crippen LogP contribution in [0.3, 0.4) is 0 Å². The van der Waals surface area contributed by atoms with Gasteiger partial charge in [0.05, 0.1) is 18.1 Å². The van der Waals surface area contributed by atoms with Crippen LogP contribution in [-0.4, -0.2) is 22.2 Å². The number of hydrogen-bond donors (Lipinski definition) is 3. The molecule has 0 spiro atoms. The van der Waals surface area contributed by atoms with Crippen molar-refractivity contribution in [2.24, 2.45) is 5.73 Å². The van der Waals surface area contributed by atoms with Gasteiger partial charge in [-0.05, 0) is 23.8 Å². The van der Waals surface area contributed by atoms with Gasteiger partial charge in [-0.2, -0.15) is 13.2 Å². The zero-order valence-electron chi connectivity index (χ0n) is 9.49. The van der Waals surface area contributed by atoms with Crippen LogP contribution in [0.2, 0.25) is 0 Å². The third-order valence-electron chi connectivity index (χ3n) is 2.36. The summed E-state index contributed by atoms with van der Waals surface area (Å²) < 4.78 is 50.4. The molecule has 1 aromatic rings. The normalized spacial score (nSPS) is 15.1. The fourth-order valence-corrected chi connectivity index (χ4v) is 1.49. The monoisotopic (exact) mass is 281 g/mol. The van der Waals surface area contributed by atoms with E-state index in [0.717, 1.165) is 0 Å². The molecule has 1 rings (SSSR count). The first-order chi connectivity index (χ1) is 8.61. The molecule has 0 radical (unpaired) electrons. The van der Waals surface area contributed by atoms with Gasteiger partial charge >= 0.3 is 6.18 Å². The van der Waals surface area contributed by atoms with Gasteiger partial charge in [-0.1, -0.05) is 0 Å². The summed E-state index contributed by atoms with van der Waals surface area (Å²) in [4.78, 5) is 10.5. The van der Waals surface area contributed by atoms with Gasteiger partial charge in [-0.25, -0.2) is 4.39 Å². The van der Waals surface area contributed by atoms with Crippen molar-refractivity contribution in [1.82, 2.24) is 0 Å². The van der Waals surface area contributed by atoms with Crippen molar-refractivity contribution in [2.45, 2.75) is 24.8 Å². The molecule has 0 saturated heterocycles. The quantitative estimate of drug-likeness (QED) is 0.723. The van der Waals surface area contributed by atoms with Crippen LogP contribution in [0, 0.1) is 5.82 Å². The molecular weight excluding hydrogens is 270 g/mol. The van der Waals surface area contributed by atoms with E-state index >= 15 is 0 Å². The molecule has 0 aliphatic heterocycles. The smallest absolute Gasteiger partial charge is 0.390 e. The number of rotatable bonds is 4. The Kier molecular flexibility index (Phi) is 4.48. The third kappa shape index (κ3) is 4.18. The van der Waals surface area contributed by atoms with E-state index in [1.54, 1.807) is 0 Å². The van der Waals surface area contributed by atoms with Crippen molar-refractivity contribution < 1.29 is 32.6 Å². The van der Waals surface area contributed by atoms with E-state index in [4.69, 9.17) is 5.73 Å². The van der Waals surface area contributed by atoms with Gasteiger partial charge in [0.1, 0.15) is 11.9 Å². The summed E-state index contributed by atoms with van der Waals surface area (Å²) in [6, 6.07) is 1.40. The first-order valence-corrected chi connectivity index (χ1v) is 5.13. The highest BCUT2D eigenvalue weighted by atomic mass is 19.4. The maximum absolute atomic E-state index is 13.1. The molecule has 2 unspecified atom stereocenters. The van der Waals surface area contributed by atoms with Crippen LogP contribution in [0.5, 0.6) is 0 Å². The molecule has 2 atom stereocenters. The van der Waals surface area contributed by atoms with E-state index in [0.29, 0.717) is 12.1 Å². The lowest BCUT2D eigenvalue weighted by Gasteiger charge is -2.18. The van der Waals surface area contributed by atoms with Gasteiger partial charge < -0.3 is 15.9 Å². The molecule has 1 amide bonds. The first-order valence-electron chi connectivity index (χ1n) is 5.13. The lowest BCUT2D eigenvalue weighted by Crippen LogP contribution is -2.26. The fourth-order valence-electron chi connectivity index (χ4n) is 1.49. The SMILES string of the molecule is NC(=O)CC(O)C(O)c1cc(F)cc(C(F)(F)F)c1. The Morgan fingerprint density at radius 2 is 1.84 bits per heavy atom. The Morgan fingerprint density at radius 3 is 2.32 bits per heavy atom. The lowest BCUT2D eigenvalue weighted by molar-refractivity contribution is -0.138. The number of amides is 1. The second kappa shape index (κ2) is 5.54. The second-order valence-electron chi connectivity index (χ2n) is 3.95. The molecule has 0 fully saturated rings. The van der Waals surface area contributed by atoms with E-state index in [2.05, 4.69) is 0 Å². The minimum Gasteiger partial charge on any atom is -0.390 e. The van der Waals surface area contributed by atoms with E-state index in [9.17, 15) is 32.6 Å². The number of halogens is 4. The Bertz CT molecular complexity index is 475. The molecule has 0 aliphatic rings. The number of hydrogen-bond acceptors (Lipinski definition) is 3. The van der Waals surface area contributed by atoms with Gasteiger partial charge in [0, 0.05) is 0 Å². The van der Waals surface area contributed by atoms with Crippen LogP contribution in [0.1, 0.15) is 23.7 Å². The molecule has 8 heteroatoms. The van der Waals surface area contributed by atoms with Crippen LogP contribution in [0.15, 0.2) is 18.2 Å². The first kappa shape index (κ1) is 15.4. The number of alkyl halides is 3. The average Bonchev–Trinajstić information content (AvgIpc) is 2.25. The summed E-state index contributed by atoms with van der Waals surface area (Å²) in [6.07, 6.45) is -8.99. The molecule has 0 aliphatic carbocycles. The van der Waals surface area contributed by atoms with Crippen molar-refractivity contribution in [3.05, 3.63) is 35.1 Å². The Balaban J connectivity index is 3.06. The van der Waals surface area contributed by atoms with Crippen molar-refractivity contribution in [2.75, 3.05) is 0 Å². The van der Waals surface area contributed by atoms with E-state index in [1.807, 2.05) is 0 Å². The summed E-state index contributed by atoms with van der Waals surface area (Å²) in [5.74, 6) is -2.16. The maximum atomic E-state index is 13.1. The Hall–Kier alpha value is -1.67. The lowest BCUT2D eigenvalue weighted by atomic mass is 9.99. The van der Waals surface area contributed by atoms with Gasteiger partial charge in [0.25, 0.3) is 0 Å². The van der Waals surface area contributed by atoms with Gasteiger partial charge in [0.15, 0.2) is 0 Å². The topological polar surface area (TPSA) is 83.6 Å². The Morgan fingerprint density at radius 1 is 1.26 bits per heavy atom. The molecule has 0 heterocycles. The molecule has 0 bridgehead atoms. The van der Waals surface area contributed by atoms with E-state index in [-0.39, 0.29) is 6.07 Å². The summed E-state index contributed by atoms with van der Waals surface area (Å²) in [5, 5.41) is 18.9. The maximum Gasteiger partial charge on any atom is 0.416 e. The van der Waals surface area contributed by atoms with Crippen LogP contribution in [0.25, 0.3) is 0 Å². The van der Waals surface area contributed by atoms with E-state index in [1.165, 1.54) is 0 Å².